The highest BCUT2D eigenvalue weighted by molar-refractivity contribution is 5.69. The lowest BCUT2D eigenvalue weighted by molar-refractivity contribution is -0.217. The number of hydrogen-bond acceptors (Lipinski definition) is 8. The van der Waals surface area contributed by atoms with E-state index in [0.717, 1.165) is 22.3 Å². The van der Waals surface area contributed by atoms with E-state index >= 15 is 0 Å². The third kappa shape index (κ3) is 13.9. The van der Waals surface area contributed by atoms with E-state index in [1.807, 2.05) is 142 Å². The number of benzene rings is 4. The van der Waals surface area contributed by atoms with Gasteiger partial charge in [-0.1, -0.05) is 127 Å². The second kappa shape index (κ2) is 22.0. The van der Waals surface area contributed by atoms with Crippen molar-refractivity contribution in [3.8, 4) is 0 Å². The molecule has 0 saturated heterocycles. The summed E-state index contributed by atoms with van der Waals surface area (Å²) in [5, 5.41) is 10.8. The van der Waals surface area contributed by atoms with Gasteiger partial charge in [0.15, 0.2) is 0 Å². The molecule has 0 aliphatic carbocycles. The van der Waals surface area contributed by atoms with Gasteiger partial charge in [0.05, 0.1) is 32.5 Å². The van der Waals surface area contributed by atoms with Crippen molar-refractivity contribution in [3.63, 3.8) is 0 Å². The van der Waals surface area contributed by atoms with Gasteiger partial charge in [0, 0.05) is 13.7 Å². The monoisotopic (exact) mass is 725 g/mol. The fraction of sp³-hybridized carbons (Fsp3) is 0.386. The molecule has 5 atom stereocenters. The molecule has 4 rings (SSSR count). The minimum Gasteiger partial charge on any atom is -0.444 e. The lowest BCUT2D eigenvalue weighted by Gasteiger charge is -2.43. The van der Waals surface area contributed by atoms with Crippen molar-refractivity contribution in [1.82, 2.24) is 4.90 Å². The Morgan fingerprint density at radius 2 is 1.11 bits per heavy atom. The Labute approximate surface area is 315 Å². The fourth-order valence-corrected chi connectivity index (χ4v) is 5.95. The summed E-state index contributed by atoms with van der Waals surface area (Å²) in [6.45, 7) is 9.95. The third-order valence-corrected chi connectivity index (χ3v) is 8.46. The molecule has 0 fully saturated rings. The molecule has 0 heterocycles. The Hall–Kier alpha value is -4.35. The molecule has 0 aliphatic heterocycles. The molecule has 0 radical (unpaired) electrons. The van der Waals surface area contributed by atoms with Crippen molar-refractivity contribution in [2.45, 2.75) is 89.6 Å². The zero-order chi connectivity index (χ0) is 37.9. The number of methoxy groups -OCH3 is 1. The minimum absolute atomic E-state index is 0.0918. The van der Waals surface area contributed by atoms with Crippen molar-refractivity contribution in [2.75, 3.05) is 20.5 Å². The summed E-state index contributed by atoms with van der Waals surface area (Å²) in [7, 11) is 1.52. The molecule has 0 aliphatic rings. The van der Waals surface area contributed by atoms with Gasteiger partial charge < -0.3 is 33.5 Å². The quantitative estimate of drug-likeness (QED) is 0.0642. The first-order valence-corrected chi connectivity index (χ1v) is 18.0. The van der Waals surface area contributed by atoms with E-state index in [1.54, 1.807) is 11.0 Å². The van der Waals surface area contributed by atoms with Crippen LogP contribution in [0.2, 0.25) is 0 Å². The van der Waals surface area contributed by atoms with Gasteiger partial charge in [-0.05, 0) is 49.4 Å². The van der Waals surface area contributed by atoms with Crippen molar-refractivity contribution < 1.29 is 38.3 Å². The topological polar surface area (TPSA) is 95.9 Å². The summed E-state index contributed by atoms with van der Waals surface area (Å²) in [5.74, 6) is 0. The predicted octanol–water partition coefficient (Wildman–Crippen LogP) is 8.11. The van der Waals surface area contributed by atoms with Crippen LogP contribution in [0.25, 0.3) is 0 Å². The Balaban J connectivity index is 1.89. The third-order valence-electron chi connectivity index (χ3n) is 8.46. The van der Waals surface area contributed by atoms with Gasteiger partial charge >= 0.3 is 6.09 Å². The van der Waals surface area contributed by atoms with Crippen LogP contribution >= 0.6 is 0 Å². The molecule has 4 aromatic carbocycles. The Morgan fingerprint density at radius 1 is 0.679 bits per heavy atom. The lowest BCUT2D eigenvalue weighted by Crippen LogP contribution is -2.59. The van der Waals surface area contributed by atoms with Crippen molar-refractivity contribution >= 4 is 6.09 Å². The molecular formula is C44H55NO8. The Morgan fingerprint density at radius 3 is 1.53 bits per heavy atom. The van der Waals surface area contributed by atoms with Gasteiger partial charge in [-0.2, -0.15) is 0 Å². The first kappa shape index (κ1) is 41.4. The zero-order valence-electron chi connectivity index (χ0n) is 31.4. The highest BCUT2D eigenvalue weighted by Crippen LogP contribution is 2.30. The molecule has 4 aromatic rings. The maximum absolute atomic E-state index is 14.3. The summed E-state index contributed by atoms with van der Waals surface area (Å²) in [5.41, 5.74) is 2.91. The number of aliphatic hydroxyl groups excluding tert-OH is 1. The zero-order valence-corrected chi connectivity index (χ0v) is 31.4. The SMILES string of the molecule is C=CC[C@@H]([C@H](OCc1ccccc1)[C@@H](OCc1ccccc1)[C@H](OCc1ccccc1)[C@@H](CO)OCOC)N(Cc1ccccc1)C(=O)OC(C)(C)C. The number of ether oxygens (including phenoxy) is 6. The van der Waals surface area contributed by atoms with Crippen LogP contribution in [-0.4, -0.2) is 72.7 Å². The second-order valence-corrected chi connectivity index (χ2v) is 13.8. The summed E-state index contributed by atoms with van der Waals surface area (Å²) in [6.07, 6.45) is -1.97. The highest BCUT2D eigenvalue weighted by atomic mass is 16.7. The van der Waals surface area contributed by atoms with Crippen LogP contribution in [0.3, 0.4) is 0 Å². The van der Waals surface area contributed by atoms with Crippen LogP contribution < -0.4 is 0 Å². The molecule has 0 bridgehead atoms. The molecule has 0 aromatic heterocycles. The number of carbonyl (C=O) groups excluding carboxylic acids is 1. The molecular weight excluding hydrogens is 670 g/mol. The summed E-state index contributed by atoms with van der Waals surface area (Å²) >= 11 is 0. The van der Waals surface area contributed by atoms with Crippen molar-refractivity contribution in [2.24, 2.45) is 0 Å². The van der Waals surface area contributed by atoms with E-state index in [0.29, 0.717) is 6.42 Å². The van der Waals surface area contributed by atoms with E-state index in [4.69, 9.17) is 28.4 Å². The highest BCUT2D eigenvalue weighted by Gasteiger charge is 2.45. The van der Waals surface area contributed by atoms with Gasteiger partial charge in [0.1, 0.15) is 36.8 Å². The molecule has 284 valence electrons. The number of hydrogen-bond donors (Lipinski definition) is 1. The summed E-state index contributed by atoms with van der Waals surface area (Å²) in [4.78, 5) is 16.0. The molecule has 0 unspecified atom stereocenters. The number of aliphatic hydroxyl groups is 1. The van der Waals surface area contributed by atoms with Crippen LogP contribution in [0.1, 0.15) is 49.4 Å². The molecule has 53 heavy (non-hydrogen) atoms. The number of carbonyl (C=O) groups is 1. The molecule has 1 amide bonds. The maximum Gasteiger partial charge on any atom is 0.410 e. The van der Waals surface area contributed by atoms with E-state index in [1.165, 1.54) is 7.11 Å². The van der Waals surface area contributed by atoms with E-state index < -0.39 is 48.8 Å². The molecule has 0 saturated carbocycles. The predicted molar refractivity (Wildman–Crippen MR) is 206 cm³/mol. The van der Waals surface area contributed by atoms with Crippen LogP contribution in [0.4, 0.5) is 4.79 Å². The minimum atomic E-state index is -0.901. The normalized spacial score (nSPS) is 14.4. The number of rotatable bonds is 22. The Bertz CT molecular complexity index is 1580. The Kier molecular flexibility index (Phi) is 17.2. The fourth-order valence-electron chi connectivity index (χ4n) is 5.95. The van der Waals surface area contributed by atoms with Crippen molar-refractivity contribution in [1.29, 1.82) is 0 Å². The van der Waals surface area contributed by atoms with Crippen LogP contribution in [0.15, 0.2) is 134 Å². The van der Waals surface area contributed by atoms with E-state index in [2.05, 4.69) is 6.58 Å². The second-order valence-electron chi connectivity index (χ2n) is 13.8. The lowest BCUT2D eigenvalue weighted by atomic mass is 9.93. The average Bonchev–Trinajstić information content (AvgIpc) is 3.17. The van der Waals surface area contributed by atoms with Gasteiger partial charge in [0.2, 0.25) is 0 Å². The average molecular weight is 726 g/mol. The van der Waals surface area contributed by atoms with Gasteiger partial charge in [-0.25, -0.2) is 4.79 Å². The standard InChI is InChI=1S/C44H55NO8/c1-6-19-38(45(43(47)53-44(2,3)4)28-34-20-11-7-12-21-34)40(49-30-35-22-13-8-14-23-35)42(51-32-37-26-17-10-18-27-37)41(39(29-46)52-33-48-5)50-31-36-24-15-9-16-25-36/h6-18,20-27,38-42,46H,1,19,28-33H2,2-5H3/t38-,39+,40-,41+,42+/m0/s1. The molecule has 9 heteroatoms. The van der Waals surface area contributed by atoms with Gasteiger partial charge in [0.25, 0.3) is 0 Å². The number of nitrogens with zero attached hydrogens (tertiary/aromatic N) is 1. The largest absolute Gasteiger partial charge is 0.444 e. The van der Waals surface area contributed by atoms with Gasteiger partial charge in [-0.15, -0.1) is 6.58 Å². The first-order chi connectivity index (χ1) is 25.7. The molecule has 0 spiro atoms. The van der Waals surface area contributed by atoms with Crippen LogP contribution in [-0.2, 0) is 54.8 Å². The van der Waals surface area contributed by atoms with Crippen molar-refractivity contribution in [3.05, 3.63) is 156 Å². The van der Waals surface area contributed by atoms with Gasteiger partial charge in [-0.3, -0.25) is 4.90 Å². The molecule has 9 nitrogen and oxygen atoms in total. The summed E-state index contributed by atoms with van der Waals surface area (Å²) in [6, 6.07) is 38.4. The van der Waals surface area contributed by atoms with E-state index in [-0.39, 0.29) is 33.2 Å². The van der Waals surface area contributed by atoms with Crippen LogP contribution in [0, 0.1) is 0 Å². The van der Waals surface area contributed by atoms with Crippen LogP contribution in [0.5, 0.6) is 0 Å². The maximum atomic E-state index is 14.3. The smallest absolute Gasteiger partial charge is 0.410 e. The number of amides is 1. The summed E-state index contributed by atoms with van der Waals surface area (Å²) < 4.78 is 38.0. The first-order valence-electron chi connectivity index (χ1n) is 18.0. The molecule has 1 N–H and O–H groups in total. The van der Waals surface area contributed by atoms with E-state index in [9.17, 15) is 9.90 Å².